The lowest BCUT2D eigenvalue weighted by Crippen LogP contribution is -2.09. The van der Waals surface area contributed by atoms with Gasteiger partial charge in [0.25, 0.3) is 0 Å². The molecule has 0 atom stereocenters. The lowest BCUT2D eigenvalue weighted by Gasteiger charge is -2.12. The highest BCUT2D eigenvalue weighted by molar-refractivity contribution is 6.00. The summed E-state index contributed by atoms with van der Waals surface area (Å²) in [7, 11) is 5.23. The van der Waals surface area contributed by atoms with E-state index >= 15 is 0 Å². The van der Waals surface area contributed by atoms with Crippen LogP contribution in [-0.2, 0) is 11.3 Å². The maximum atomic E-state index is 13.2. The highest BCUT2D eigenvalue weighted by Gasteiger charge is 2.24. The Hall–Kier alpha value is -3.35. The van der Waals surface area contributed by atoms with E-state index in [4.69, 9.17) is 9.26 Å². The second kappa shape index (κ2) is 7.90. The zero-order valence-electron chi connectivity index (χ0n) is 15.3. The van der Waals surface area contributed by atoms with Crippen LogP contribution in [0.1, 0.15) is 15.9 Å². The van der Waals surface area contributed by atoms with E-state index in [-0.39, 0.29) is 17.3 Å². The summed E-state index contributed by atoms with van der Waals surface area (Å²) in [5.74, 6) is -0.750. The van der Waals surface area contributed by atoms with Gasteiger partial charge in [0.05, 0.1) is 7.11 Å². The van der Waals surface area contributed by atoms with Crippen molar-refractivity contribution in [3.63, 3.8) is 0 Å². The third-order valence-corrected chi connectivity index (χ3v) is 4.11. The number of rotatable bonds is 6. The van der Waals surface area contributed by atoms with E-state index in [1.165, 1.54) is 31.4 Å². The molecule has 0 spiro atoms. The molecule has 2 aromatic carbocycles. The van der Waals surface area contributed by atoms with E-state index in [2.05, 4.69) is 10.5 Å². The molecule has 0 bridgehead atoms. The van der Waals surface area contributed by atoms with E-state index in [1.54, 1.807) is 0 Å². The molecule has 7 heteroatoms. The normalized spacial score (nSPS) is 10.5. The van der Waals surface area contributed by atoms with Crippen LogP contribution in [-0.4, -0.2) is 32.3 Å². The number of aromatic nitrogens is 1. The molecule has 3 aromatic rings. The van der Waals surface area contributed by atoms with E-state index in [0.29, 0.717) is 17.8 Å². The Labute approximate surface area is 156 Å². The van der Waals surface area contributed by atoms with E-state index in [1.807, 2.05) is 43.3 Å². The second-order valence-electron chi connectivity index (χ2n) is 6.15. The number of esters is 1. The fourth-order valence-corrected chi connectivity index (χ4v) is 2.60. The van der Waals surface area contributed by atoms with Crippen LogP contribution >= 0.6 is 0 Å². The molecular formula is C20H20FN3O3. The van der Waals surface area contributed by atoms with Gasteiger partial charge in [-0.25, -0.2) is 9.18 Å². The van der Waals surface area contributed by atoms with Crippen molar-refractivity contribution in [2.45, 2.75) is 6.54 Å². The van der Waals surface area contributed by atoms with Crippen molar-refractivity contribution in [1.82, 2.24) is 5.16 Å². The van der Waals surface area contributed by atoms with Gasteiger partial charge in [0, 0.05) is 31.9 Å². The summed E-state index contributed by atoms with van der Waals surface area (Å²) in [6.07, 6.45) is 0. The van der Waals surface area contributed by atoms with Crippen molar-refractivity contribution in [3.8, 4) is 11.3 Å². The predicted molar refractivity (Wildman–Crippen MR) is 101 cm³/mol. The topological polar surface area (TPSA) is 67.6 Å². The molecule has 0 amide bonds. The summed E-state index contributed by atoms with van der Waals surface area (Å²) < 4.78 is 23.3. The minimum absolute atomic E-state index is 0.175. The Bertz CT molecular complexity index is 919. The molecule has 0 radical (unpaired) electrons. The predicted octanol–water partition coefficient (Wildman–Crippen LogP) is 3.95. The van der Waals surface area contributed by atoms with Crippen LogP contribution in [0.25, 0.3) is 11.3 Å². The first kappa shape index (κ1) is 18.4. The van der Waals surface area contributed by atoms with Crippen molar-refractivity contribution < 1.29 is 18.4 Å². The highest BCUT2D eigenvalue weighted by atomic mass is 19.1. The maximum Gasteiger partial charge on any atom is 0.345 e. The van der Waals surface area contributed by atoms with Gasteiger partial charge < -0.3 is 19.5 Å². The standard InChI is InChI=1S/C20H20FN3O3/c1-24(2)16-10-4-13(5-11-16)12-22-19-17(20(25)26-3)18(23-27-19)14-6-8-15(21)9-7-14/h4-11,22H,12H2,1-3H3. The second-order valence-corrected chi connectivity index (χ2v) is 6.15. The van der Waals surface area contributed by atoms with Crippen LogP contribution in [0.5, 0.6) is 0 Å². The van der Waals surface area contributed by atoms with E-state index < -0.39 is 5.97 Å². The first-order valence-electron chi connectivity index (χ1n) is 8.33. The summed E-state index contributed by atoms with van der Waals surface area (Å²) >= 11 is 0. The van der Waals surface area contributed by atoms with Crippen molar-refractivity contribution in [1.29, 1.82) is 0 Å². The quantitative estimate of drug-likeness (QED) is 0.664. The van der Waals surface area contributed by atoms with Crippen molar-refractivity contribution in [3.05, 3.63) is 65.5 Å². The summed E-state index contributed by atoms with van der Waals surface area (Å²) in [5.41, 5.74) is 3.13. The Kier molecular flexibility index (Phi) is 5.40. The third kappa shape index (κ3) is 4.08. The number of hydrogen-bond acceptors (Lipinski definition) is 6. The average Bonchev–Trinajstić information content (AvgIpc) is 3.10. The van der Waals surface area contributed by atoms with Gasteiger partial charge in [-0.2, -0.15) is 0 Å². The Morgan fingerprint density at radius 3 is 2.41 bits per heavy atom. The minimum atomic E-state index is -0.582. The van der Waals surface area contributed by atoms with Crippen LogP contribution in [0.3, 0.4) is 0 Å². The zero-order chi connectivity index (χ0) is 19.4. The Balaban J connectivity index is 1.84. The maximum absolute atomic E-state index is 13.2. The lowest BCUT2D eigenvalue weighted by atomic mass is 10.1. The SMILES string of the molecule is COC(=O)c1c(-c2ccc(F)cc2)noc1NCc1ccc(N(C)C)cc1. The number of benzene rings is 2. The molecule has 3 rings (SSSR count). The van der Waals surface area contributed by atoms with Gasteiger partial charge in [0.15, 0.2) is 5.56 Å². The molecule has 27 heavy (non-hydrogen) atoms. The van der Waals surface area contributed by atoms with Gasteiger partial charge in [-0.3, -0.25) is 0 Å². The van der Waals surface area contributed by atoms with E-state index in [9.17, 15) is 9.18 Å². The molecule has 0 aliphatic rings. The van der Waals surface area contributed by atoms with Crippen molar-refractivity contribution in [2.24, 2.45) is 0 Å². The lowest BCUT2D eigenvalue weighted by molar-refractivity contribution is 0.0602. The molecule has 1 N–H and O–H groups in total. The first-order valence-corrected chi connectivity index (χ1v) is 8.33. The van der Waals surface area contributed by atoms with Crippen LogP contribution in [0.2, 0.25) is 0 Å². The number of halogens is 1. The molecule has 0 saturated heterocycles. The van der Waals surface area contributed by atoms with Crippen molar-refractivity contribution in [2.75, 3.05) is 31.4 Å². The molecule has 1 aromatic heterocycles. The molecule has 140 valence electrons. The number of methoxy groups -OCH3 is 1. The zero-order valence-corrected chi connectivity index (χ0v) is 15.3. The monoisotopic (exact) mass is 369 g/mol. The summed E-state index contributed by atoms with van der Waals surface area (Å²) in [6.45, 7) is 0.440. The van der Waals surface area contributed by atoms with Gasteiger partial charge >= 0.3 is 5.97 Å². The Morgan fingerprint density at radius 1 is 1.15 bits per heavy atom. The fourth-order valence-electron chi connectivity index (χ4n) is 2.60. The smallest absolute Gasteiger partial charge is 0.345 e. The molecule has 0 fully saturated rings. The summed E-state index contributed by atoms with van der Waals surface area (Å²) in [6, 6.07) is 13.6. The highest BCUT2D eigenvalue weighted by Crippen LogP contribution is 2.30. The number of hydrogen-bond donors (Lipinski definition) is 1. The largest absolute Gasteiger partial charge is 0.465 e. The van der Waals surface area contributed by atoms with Gasteiger partial charge in [-0.1, -0.05) is 17.3 Å². The number of anilines is 2. The van der Waals surface area contributed by atoms with Crippen LogP contribution in [0, 0.1) is 5.82 Å². The number of ether oxygens (including phenoxy) is 1. The number of carbonyl (C=O) groups excluding carboxylic acids is 1. The number of carbonyl (C=O) groups is 1. The van der Waals surface area contributed by atoms with Gasteiger partial charge in [-0.15, -0.1) is 0 Å². The van der Waals surface area contributed by atoms with Crippen molar-refractivity contribution >= 4 is 17.5 Å². The van der Waals surface area contributed by atoms with Crippen LogP contribution in [0.15, 0.2) is 53.1 Å². The van der Waals surface area contributed by atoms with Gasteiger partial charge in [-0.05, 0) is 42.0 Å². The fraction of sp³-hybridized carbons (Fsp3) is 0.200. The molecular weight excluding hydrogens is 349 g/mol. The molecule has 6 nitrogen and oxygen atoms in total. The minimum Gasteiger partial charge on any atom is -0.465 e. The number of nitrogens with one attached hydrogen (secondary N) is 1. The van der Waals surface area contributed by atoms with Gasteiger partial charge in [0.1, 0.15) is 11.5 Å². The molecule has 1 heterocycles. The third-order valence-electron chi connectivity index (χ3n) is 4.11. The Morgan fingerprint density at radius 2 is 1.81 bits per heavy atom. The molecule has 0 unspecified atom stereocenters. The van der Waals surface area contributed by atoms with E-state index in [0.717, 1.165) is 11.3 Å². The van der Waals surface area contributed by atoms with Crippen LogP contribution < -0.4 is 10.2 Å². The average molecular weight is 369 g/mol. The molecule has 0 saturated carbocycles. The van der Waals surface area contributed by atoms with Crippen LogP contribution in [0.4, 0.5) is 16.0 Å². The van der Waals surface area contributed by atoms with Gasteiger partial charge in [0.2, 0.25) is 5.88 Å². The molecule has 0 aliphatic carbocycles. The first-order chi connectivity index (χ1) is 13.0. The summed E-state index contributed by atoms with van der Waals surface area (Å²) in [5, 5.41) is 7.04. The molecule has 0 aliphatic heterocycles. The number of nitrogens with zero attached hydrogens (tertiary/aromatic N) is 2. The summed E-state index contributed by atoms with van der Waals surface area (Å²) in [4.78, 5) is 14.3.